The van der Waals surface area contributed by atoms with Crippen LogP contribution in [0.3, 0.4) is 0 Å². The van der Waals surface area contributed by atoms with Gasteiger partial charge in [-0.05, 0) is 57.0 Å². The van der Waals surface area contributed by atoms with Gasteiger partial charge in [-0.15, -0.1) is 0 Å². The highest BCUT2D eigenvalue weighted by Gasteiger charge is 2.15. The van der Waals surface area contributed by atoms with Crippen molar-refractivity contribution in [2.45, 2.75) is 39.8 Å². The number of carbonyl (C=O) groups is 1. The quantitative estimate of drug-likeness (QED) is 0.741. The highest BCUT2D eigenvalue weighted by atomic mass is 16.3. The van der Waals surface area contributed by atoms with Crippen molar-refractivity contribution in [1.29, 1.82) is 0 Å². The second-order valence-electron chi connectivity index (χ2n) is 6.76. The lowest BCUT2D eigenvalue weighted by Crippen LogP contribution is -2.37. The Morgan fingerprint density at radius 2 is 1.68 bits per heavy atom. The largest absolute Gasteiger partial charge is 0.507 e. The molecule has 0 saturated carbocycles. The molecular weight excluding hydrogens is 310 g/mol. The van der Waals surface area contributed by atoms with Crippen LogP contribution in [-0.4, -0.2) is 34.9 Å². The van der Waals surface area contributed by atoms with E-state index in [4.69, 9.17) is 0 Å². The van der Waals surface area contributed by atoms with Gasteiger partial charge in [0.25, 0.3) is 0 Å². The first kappa shape index (κ1) is 18.9. The first-order valence-electron chi connectivity index (χ1n) is 8.74. The topological polar surface area (TPSA) is 40.5 Å². The number of phenolic OH excluding ortho intramolecular Hbond substituents is 1. The van der Waals surface area contributed by atoms with Gasteiger partial charge in [-0.25, -0.2) is 0 Å². The summed E-state index contributed by atoms with van der Waals surface area (Å²) in [5, 5.41) is 10.4. The van der Waals surface area contributed by atoms with Crippen molar-refractivity contribution in [1.82, 2.24) is 4.90 Å². The SMILES string of the molecule is CC(C)N(CC=C(c1ccccc1)c1cc(C=O)ccc1O)C(C)C. The van der Waals surface area contributed by atoms with E-state index in [2.05, 4.69) is 38.7 Å². The average Bonchev–Trinajstić information content (AvgIpc) is 2.59. The van der Waals surface area contributed by atoms with Crippen LogP contribution in [0.5, 0.6) is 5.75 Å². The molecule has 0 unspecified atom stereocenters. The van der Waals surface area contributed by atoms with Gasteiger partial charge in [0.2, 0.25) is 0 Å². The monoisotopic (exact) mass is 337 g/mol. The van der Waals surface area contributed by atoms with Crippen molar-refractivity contribution in [2.24, 2.45) is 0 Å². The van der Waals surface area contributed by atoms with Gasteiger partial charge in [-0.2, -0.15) is 0 Å². The summed E-state index contributed by atoms with van der Waals surface area (Å²) < 4.78 is 0. The van der Waals surface area contributed by atoms with E-state index in [1.165, 1.54) is 0 Å². The van der Waals surface area contributed by atoms with Gasteiger partial charge < -0.3 is 5.11 Å². The molecule has 2 aromatic rings. The van der Waals surface area contributed by atoms with E-state index in [9.17, 15) is 9.90 Å². The summed E-state index contributed by atoms with van der Waals surface area (Å²) >= 11 is 0. The minimum atomic E-state index is 0.182. The van der Waals surface area contributed by atoms with Gasteiger partial charge in [0.1, 0.15) is 12.0 Å². The fraction of sp³-hybridized carbons (Fsp3) is 0.318. The highest BCUT2D eigenvalue weighted by Crippen LogP contribution is 2.31. The molecule has 0 aliphatic carbocycles. The van der Waals surface area contributed by atoms with Crippen molar-refractivity contribution in [2.75, 3.05) is 6.54 Å². The molecule has 0 atom stereocenters. The Labute approximate surface area is 150 Å². The molecule has 2 rings (SSSR count). The van der Waals surface area contributed by atoms with Gasteiger partial charge >= 0.3 is 0 Å². The molecule has 0 aliphatic rings. The Morgan fingerprint density at radius 3 is 2.24 bits per heavy atom. The predicted octanol–water partition coefficient (Wildman–Crippen LogP) is 4.76. The molecule has 0 saturated heterocycles. The summed E-state index contributed by atoms with van der Waals surface area (Å²) in [4.78, 5) is 13.5. The maximum atomic E-state index is 11.2. The molecule has 0 aliphatic heterocycles. The molecule has 3 heteroatoms. The number of hydrogen-bond donors (Lipinski definition) is 1. The molecule has 25 heavy (non-hydrogen) atoms. The number of phenols is 1. The number of aldehydes is 1. The normalized spacial score (nSPS) is 12.2. The number of hydrogen-bond acceptors (Lipinski definition) is 3. The van der Waals surface area contributed by atoms with E-state index < -0.39 is 0 Å². The molecule has 2 aromatic carbocycles. The van der Waals surface area contributed by atoms with Crippen molar-refractivity contribution < 1.29 is 9.90 Å². The number of aromatic hydroxyl groups is 1. The molecule has 132 valence electrons. The number of carbonyl (C=O) groups excluding carboxylic acids is 1. The Hall–Kier alpha value is -2.39. The summed E-state index contributed by atoms with van der Waals surface area (Å²) in [6.07, 6.45) is 2.94. The van der Waals surface area contributed by atoms with Gasteiger partial charge in [-0.1, -0.05) is 36.4 Å². The third kappa shape index (κ3) is 4.80. The van der Waals surface area contributed by atoms with Gasteiger partial charge in [0, 0.05) is 29.8 Å². The summed E-state index contributed by atoms with van der Waals surface area (Å²) in [5.74, 6) is 0.182. The van der Waals surface area contributed by atoms with Crippen LogP contribution in [0.25, 0.3) is 5.57 Å². The fourth-order valence-corrected chi connectivity index (χ4v) is 3.06. The second kappa shape index (κ2) is 8.63. The lowest BCUT2D eigenvalue weighted by molar-refractivity contribution is 0.112. The van der Waals surface area contributed by atoms with Crippen molar-refractivity contribution in [3.63, 3.8) is 0 Å². The van der Waals surface area contributed by atoms with E-state index in [-0.39, 0.29) is 5.75 Å². The highest BCUT2D eigenvalue weighted by molar-refractivity contribution is 5.86. The molecule has 0 heterocycles. The summed E-state index contributed by atoms with van der Waals surface area (Å²) in [7, 11) is 0. The van der Waals surface area contributed by atoms with Crippen LogP contribution in [-0.2, 0) is 0 Å². The molecule has 0 amide bonds. The summed E-state index contributed by atoms with van der Waals surface area (Å²) in [5.41, 5.74) is 3.20. The zero-order valence-corrected chi connectivity index (χ0v) is 15.4. The molecule has 3 nitrogen and oxygen atoms in total. The van der Waals surface area contributed by atoms with E-state index in [1.54, 1.807) is 18.2 Å². The van der Waals surface area contributed by atoms with Gasteiger partial charge in [0.15, 0.2) is 0 Å². The predicted molar refractivity (Wildman–Crippen MR) is 104 cm³/mol. The first-order valence-corrected chi connectivity index (χ1v) is 8.74. The van der Waals surface area contributed by atoms with Crippen molar-refractivity contribution in [3.05, 3.63) is 71.3 Å². The first-order chi connectivity index (χ1) is 11.9. The number of nitrogens with zero attached hydrogens (tertiary/aromatic N) is 1. The zero-order chi connectivity index (χ0) is 18.4. The van der Waals surface area contributed by atoms with Gasteiger partial charge in [0.05, 0.1) is 0 Å². The molecule has 0 bridgehead atoms. The minimum absolute atomic E-state index is 0.182. The van der Waals surface area contributed by atoms with Crippen LogP contribution in [0.15, 0.2) is 54.6 Å². The third-order valence-corrected chi connectivity index (χ3v) is 4.36. The Balaban J connectivity index is 2.51. The minimum Gasteiger partial charge on any atom is -0.507 e. The Bertz CT molecular complexity index is 725. The van der Waals surface area contributed by atoms with Crippen LogP contribution in [0.4, 0.5) is 0 Å². The number of rotatable bonds is 7. The smallest absolute Gasteiger partial charge is 0.150 e. The van der Waals surface area contributed by atoms with Crippen molar-refractivity contribution >= 4 is 11.9 Å². The van der Waals surface area contributed by atoms with Crippen LogP contribution in [0, 0.1) is 0 Å². The molecule has 1 N–H and O–H groups in total. The van der Waals surface area contributed by atoms with Crippen LogP contribution < -0.4 is 0 Å². The third-order valence-electron chi connectivity index (χ3n) is 4.36. The molecular formula is C22H27NO2. The van der Waals surface area contributed by atoms with E-state index in [0.717, 1.165) is 24.0 Å². The summed E-state index contributed by atoms with van der Waals surface area (Å²) in [6, 6.07) is 15.8. The number of benzene rings is 2. The van der Waals surface area contributed by atoms with Crippen LogP contribution in [0.1, 0.15) is 49.2 Å². The Kier molecular flexibility index (Phi) is 6.54. The fourth-order valence-electron chi connectivity index (χ4n) is 3.06. The van der Waals surface area contributed by atoms with Crippen molar-refractivity contribution in [3.8, 4) is 5.75 Å². The van der Waals surface area contributed by atoms with Crippen LogP contribution >= 0.6 is 0 Å². The molecule has 0 spiro atoms. The van der Waals surface area contributed by atoms with E-state index in [0.29, 0.717) is 23.2 Å². The molecule has 0 aromatic heterocycles. The standard InChI is InChI=1S/C22H27NO2/c1-16(2)23(17(3)4)13-12-20(19-8-6-5-7-9-19)21-14-18(15-24)10-11-22(21)25/h5-12,14-17,25H,13H2,1-4H3. The van der Waals surface area contributed by atoms with Crippen LogP contribution in [0.2, 0.25) is 0 Å². The average molecular weight is 337 g/mol. The Morgan fingerprint density at radius 1 is 1.04 bits per heavy atom. The molecule has 0 fully saturated rings. The molecule has 0 radical (unpaired) electrons. The maximum Gasteiger partial charge on any atom is 0.150 e. The van der Waals surface area contributed by atoms with E-state index in [1.807, 2.05) is 30.3 Å². The van der Waals surface area contributed by atoms with Gasteiger partial charge in [-0.3, -0.25) is 9.69 Å². The maximum absolute atomic E-state index is 11.2. The lowest BCUT2D eigenvalue weighted by Gasteiger charge is -2.29. The summed E-state index contributed by atoms with van der Waals surface area (Å²) in [6.45, 7) is 9.49. The second-order valence-corrected chi connectivity index (χ2v) is 6.76. The zero-order valence-electron chi connectivity index (χ0n) is 15.4. The van der Waals surface area contributed by atoms with E-state index >= 15 is 0 Å². The lowest BCUT2D eigenvalue weighted by atomic mass is 9.95.